The minimum absolute atomic E-state index is 0.538. The van der Waals surface area contributed by atoms with Crippen LogP contribution in [0.2, 0.25) is 3.98 Å². The molecule has 4 aromatic carbocycles. The van der Waals surface area contributed by atoms with Gasteiger partial charge in [-0.3, -0.25) is 0 Å². The van der Waals surface area contributed by atoms with Crippen molar-refractivity contribution < 1.29 is 0 Å². The van der Waals surface area contributed by atoms with Crippen molar-refractivity contribution in [1.82, 2.24) is 24.6 Å². The summed E-state index contributed by atoms with van der Waals surface area (Å²) in [7, 11) is 0. The Hall–Kier alpha value is -3.98. The van der Waals surface area contributed by atoms with Gasteiger partial charge in [0.2, 0.25) is 0 Å². The van der Waals surface area contributed by atoms with Crippen molar-refractivity contribution in [2.45, 2.75) is 14.4 Å². The zero-order valence-corrected chi connectivity index (χ0v) is 26.7. The second-order valence-corrected chi connectivity index (χ2v) is 17.4. The number of benzene rings is 4. The Labute approximate surface area is 245 Å². The van der Waals surface area contributed by atoms with Crippen LogP contribution in [0, 0.1) is 6.92 Å². The fourth-order valence-electron chi connectivity index (χ4n) is 6.00. The molecule has 2 aliphatic rings. The molecule has 1 N–H and O–H groups in total. The first kappa shape index (κ1) is 23.9. The molecular weight excluding hydrogens is 683 g/mol. The normalized spacial score (nSPS) is 15.9. The van der Waals surface area contributed by atoms with Crippen molar-refractivity contribution >= 4 is 51.6 Å². The first-order valence-electron chi connectivity index (χ1n) is 13.9. The Morgan fingerprint density at radius 2 is 1.48 bits per heavy atom. The van der Waals surface area contributed by atoms with E-state index in [1.54, 1.807) is 5.56 Å². The number of nitrogens with one attached hydrogen (secondary N) is 1. The maximum atomic E-state index is 4.77. The van der Waals surface area contributed by atoms with Crippen molar-refractivity contribution in [3.63, 3.8) is 0 Å². The Morgan fingerprint density at radius 1 is 0.775 bits per heavy atom. The molecule has 0 saturated carbocycles. The van der Waals surface area contributed by atoms with E-state index < -0.39 is 24.2 Å². The van der Waals surface area contributed by atoms with Gasteiger partial charge in [-0.1, -0.05) is 24.3 Å². The van der Waals surface area contributed by atoms with Crippen LogP contribution in [0.3, 0.4) is 0 Å². The monoisotopic (exact) mass is 710 g/mol. The predicted octanol–water partition coefficient (Wildman–Crippen LogP) is 7.02. The van der Waals surface area contributed by atoms with Crippen LogP contribution in [0.5, 0.6) is 0 Å². The molecule has 1 fully saturated rings. The third kappa shape index (κ3) is 3.94. The Balaban J connectivity index is 1.38. The minimum atomic E-state index is -0.538. The summed E-state index contributed by atoms with van der Waals surface area (Å²) in [6.45, 7) is 3.08. The van der Waals surface area contributed by atoms with Crippen molar-refractivity contribution in [3.05, 3.63) is 126 Å². The number of allylic oxidation sites excluding steroid dienone is 2. The summed E-state index contributed by atoms with van der Waals surface area (Å²) in [5.74, 6) is 1.69. The van der Waals surface area contributed by atoms with Gasteiger partial charge in [-0.15, -0.1) is 0 Å². The third-order valence-corrected chi connectivity index (χ3v) is 13.1. The van der Waals surface area contributed by atoms with Crippen LogP contribution >= 0.6 is 0 Å². The zero-order chi connectivity index (χ0) is 26.6. The number of para-hydroxylation sites is 2. The van der Waals surface area contributed by atoms with Gasteiger partial charge in [-0.05, 0) is 12.3 Å². The molecule has 0 amide bonds. The molecule has 0 bridgehead atoms. The number of rotatable bonds is 5. The number of nitrogens with zero attached hydrogens (tertiary/aromatic N) is 4. The molecular formula is C34H27N5Tl. The molecule has 6 aromatic rings. The van der Waals surface area contributed by atoms with E-state index in [1.165, 1.54) is 37.0 Å². The first-order chi connectivity index (χ1) is 19.8. The van der Waals surface area contributed by atoms with Crippen LogP contribution in [0.15, 0.2) is 109 Å². The van der Waals surface area contributed by atoms with E-state index in [9.17, 15) is 0 Å². The Morgan fingerprint density at radius 3 is 2.17 bits per heavy atom. The average Bonchev–Trinajstić information content (AvgIpc) is 3.68. The van der Waals surface area contributed by atoms with E-state index >= 15 is 0 Å². The van der Waals surface area contributed by atoms with Gasteiger partial charge < -0.3 is 5.32 Å². The number of aromatic nitrogens is 4. The topological polar surface area (TPSA) is 47.7 Å². The number of hydrogen-bond donors (Lipinski definition) is 1. The van der Waals surface area contributed by atoms with E-state index in [4.69, 9.17) is 10.2 Å². The third-order valence-electron chi connectivity index (χ3n) is 8.05. The second-order valence-electron chi connectivity index (χ2n) is 10.6. The van der Waals surface area contributed by atoms with Gasteiger partial charge in [-0.25, -0.2) is 0 Å². The molecule has 191 valence electrons. The van der Waals surface area contributed by atoms with Gasteiger partial charge in [0, 0.05) is 6.54 Å². The quantitative estimate of drug-likeness (QED) is 0.196. The molecule has 40 heavy (non-hydrogen) atoms. The Bertz CT molecular complexity index is 1960. The molecule has 8 rings (SSSR count). The van der Waals surface area contributed by atoms with E-state index in [0.29, 0.717) is 0 Å². The molecule has 0 radical (unpaired) electrons. The van der Waals surface area contributed by atoms with Crippen LogP contribution in [-0.2, 0) is 0 Å². The van der Waals surface area contributed by atoms with Gasteiger partial charge in [0.25, 0.3) is 0 Å². The number of hydrogen-bond acceptors (Lipinski definition) is 3. The van der Waals surface area contributed by atoms with Gasteiger partial charge in [0.05, 0.1) is 0 Å². The molecule has 1 unspecified atom stereocenters. The first-order valence-corrected chi connectivity index (χ1v) is 19.6. The molecule has 5 nitrogen and oxygen atoms in total. The van der Waals surface area contributed by atoms with E-state index in [1.807, 2.05) is 12.3 Å². The molecule has 6 heteroatoms. The summed E-state index contributed by atoms with van der Waals surface area (Å²) in [5, 5.41) is 15.3. The van der Waals surface area contributed by atoms with Crippen LogP contribution in [-0.4, -0.2) is 50.1 Å². The molecule has 2 aromatic heterocycles. The van der Waals surface area contributed by atoms with Gasteiger partial charge in [0.1, 0.15) is 0 Å². The van der Waals surface area contributed by atoms with E-state index in [0.717, 1.165) is 38.5 Å². The Kier molecular flexibility index (Phi) is 5.72. The van der Waals surface area contributed by atoms with Gasteiger partial charge >= 0.3 is 198 Å². The fourth-order valence-corrected chi connectivity index (χ4v) is 9.90. The van der Waals surface area contributed by atoms with Crippen LogP contribution in [0.1, 0.15) is 20.4 Å². The molecule has 1 atom stereocenters. The van der Waals surface area contributed by atoms with E-state index in [-0.39, 0.29) is 0 Å². The SMILES string of the molecule is Cc1cc2c3cc(-c4nnc(C5=CCNC=C5)n4-c4ccccc4)ccc3n(-c3ccccc3)c2cc1[CH]1[CH2][Tl]1. The van der Waals surface area contributed by atoms with E-state index in [2.05, 4.69) is 118 Å². The van der Waals surface area contributed by atoms with Crippen LogP contribution in [0.4, 0.5) is 0 Å². The van der Waals surface area contributed by atoms with Crippen molar-refractivity contribution in [2.24, 2.45) is 0 Å². The maximum absolute atomic E-state index is 4.77. The summed E-state index contributed by atoms with van der Waals surface area (Å²) in [6.07, 6.45) is 6.21. The summed E-state index contributed by atoms with van der Waals surface area (Å²) >= 11 is -0.538. The summed E-state index contributed by atoms with van der Waals surface area (Å²) < 4.78 is 7.03. The molecule has 0 aliphatic carbocycles. The van der Waals surface area contributed by atoms with Crippen LogP contribution in [0.25, 0.3) is 50.1 Å². The van der Waals surface area contributed by atoms with Crippen molar-refractivity contribution in [3.8, 4) is 22.8 Å². The average molecular weight is 710 g/mol. The fraction of sp³-hybridized carbons (Fsp3) is 0.118. The number of aryl methyl sites for hydroxylation is 1. The molecule has 1 saturated heterocycles. The molecule has 4 heterocycles. The standard InChI is InChI=1S/C34H27N5.Tl/c1-3-24-22-32-29(20-23(24)2)30-21-26(14-15-31(30)38(32)27-10-6-4-7-11-27)34-37-36-33(25-16-18-35-19-17-25)39(34)28-12-8-5-9-13-28;/h3-18,20-22,35H,1,19H2,2H3;. The summed E-state index contributed by atoms with van der Waals surface area (Å²) in [6, 6.07) is 32.9. The van der Waals surface area contributed by atoms with Crippen molar-refractivity contribution in [2.75, 3.05) is 6.54 Å². The zero-order valence-electron chi connectivity index (χ0n) is 22.3. The molecule has 2 aliphatic heterocycles. The number of dihydropyridines is 1. The number of fused-ring (bicyclic) bond motifs is 3. The van der Waals surface area contributed by atoms with Gasteiger partial charge in [-0.2, -0.15) is 0 Å². The second kappa shape index (κ2) is 9.59. The van der Waals surface area contributed by atoms with Crippen LogP contribution < -0.4 is 5.32 Å². The van der Waals surface area contributed by atoms with Crippen molar-refractivity contribution in [1.29, 1.82) is 0 Å². The summed E-state index contributed by atoms with van der Waals surface area (Å²) in [5.41, 5.74) is 9.90. The van der Waals surface area contributed by atoms with Gasteiger partial charge in [0.15, 0.2) is 0 Å². The summed E-state index contributed by atoms with van der Waals surface area (Å²) in [4.78, 5) is 0. The molecule has 0 spiro atoms. The predicted molar refractivity (Wildman–Crippen MR) is 164 cm³/mol.